The first-order valence-corrected chi connectivity index (χ1v) is 7.13. The smallest absolute Gasteiger partial charge is 0.200 e. The minimum atomic E-state index is -2.24. The van der Waals surface area contributed by atoms with E-state index in [-0.39, 0.29) is 5.56 Å². The zero-order chi connectivity index (χ0) is 18.1. The average molecular weight is 348 g/mol. The summed E-state index contributed by atoms with van der Waals surface area (Å²) >= 11 is 0. The fourth-order valence-electron chi connectivity index (χ4n) is 2.37. The van der Waals surface area contributed by atoms with Crippen LogP contribution in [0.4, 0.5) is 22.0 Å². The first-order chi connectivity index (χ1) is 11.9. The number of ketones is 1. The molecule has 25 heavy (non-hydrogen) atoms. The lowest BCUT2D eigenvalue weighted by molar-refractivity contribution is 0.104. The summed E-state index contributed by atoms with van der Waals surface area (Å²) in [4.78, 5) is 12.1. The molecule has 0 bridgehead atoms. The summed E-state index contributed by atoms with van der Waals surface area (Å²) in [5, 5.41) is 1.67. The van der Waals surface area contributed by atoms with Crippen LogP contribution in [0.2, 0.25) is 0 Å². The van der Waals surface area contributed by atoms with E-state index in [9.17, 15) is 26.7 Å². The second-order valence-electron chi connectivity index (χ2n) is 5.24. The van der Waals surface area contributed by atoms with Crippen molar-refractivity contribution in [1.82, 2.24) is 0 Å². The highest BCUT2D eigenvalue weighted by Gasteiger charge is 2.24. The van der Waals surface area contributed by atoms with Gasteiger partial charge in [0.15, 0.2) is 29.1 Å². The first kappa shape index (κ1) is 16.8. The zero-order valence-electron chi connectivity index (χ0n) is 12.5. The van der Waals surface area contributed by atoms with E-state index in [1.165, 1.54) is 6.07 Å². The minimum absolute atomic E-state index is 0.221. The van der Waals surface area contributed by atoms with Crippen LogP contribution < -0.4 is 0 Å². The van der Waals surface area contributed by atoms with Gasteiger partial charge in [-0.3, -0.25) is 4.79 Å². The second-order valence-corrected chi connectivity index (χ2v) is 5.24. The van der Waals surface area contributed by atoms with E-state index in [1.807, 2.05) is 12.1 Å². The third-order valence-corrected chi connectivity index (χ3v) is 3.68. The normalized spacial score (nSPS) is 11.4. The van der Waals surface area contributed by atoms with Crippen molar-refractivity contribution in [1.29, 1.82) is 0 Å². The lowest BCUT2D eigenvalue weighted by Gasteiger charge is -2.04. The van der Waals surface area contributed by atoms with Crippen LogP contribution in [-0.2, 0) is 0 Å². The Hall–Kier alpha value is -3.02. The molecular formula is C19H9F5O. The third kappa shape index (κ3) is 3.03. The summed E-state index contributed by atoms with van der Waals surface area (Å²) < 4.78 is 66.4. The Kier molecular flexibility index (Phi) is 4.35. The highest BCUT2D eigenvalue weighted by molar-refractivity contribution is 6.08. The van der Waals surface area contributed by atoms with E-state index in [2.05, 4.69) is 0 Å². The fourth-order valence-corrected chi connectivity index (χ4v) is 2.37. The van der Waals surface area contributed by atoms with Crippen LogP contribution in [0.25, 0.3) is 16.8 Å². The van der Waals surface area contributed by atoms with Gasteiger partial charge in [0.2, 0.25) is 5.82 Å². The molecular weight excluding hydrogens is 339 g/mol. The van der Waals surface area contributed by atoms with Crippen LogP contribution in [0, 0.1) is 29.1 Å². The monoisotopic (exact) mass is 348 g/mol. The van der Waals surface area contributed by atoms with E-state index >= 15 is 0 Å². The maximum absolute atomic E-state index is 13.6. The standard InChI is InChI=1S/C19H9F5O/c20-15-13(16(21)18(23)19(24)17(15)22)7-8-14(25)12-6-5-10-3-1-2-4-11(10)9-12/h1-9H/b8-7+. The number of allylic oxidation sites excluding steroid dienone is 1. The van der Waals surface area contributed by atoms with Crippen LogP contribution in [0.3, 0.4) is 0 Å². The van der Waals surface area contributed by atoms with E-state index in [0.29, 0.717) is 6.08 Å². The van der Waals surface area contributed by atoms with Crippen molar-refractivity contribution >= 4 is 22.6 Å². The van der Waals surface area contributed by atoms with Gasteiger partial charge in [0.25, 0.3) is 0 Å². The minimum Gasteiger partial charge on any atom is -0.289 e. The molecule has 6 heteroatoms. The van der Waals surface area contributed by atoms with Gasteiger partial charge in [0.1, 0.15) is 0 Å². The van der Waals surface area contributed by atoms with Crippen LogP contribution in [0.5, 0.6) is 0 Å². The Labute approximate surface area is 139 Å². The Bertz CT molecular complexity index is 995. The predicted octanol–water partition coefficient (Wildman–Crippen LogP) is 5.43. The summed E-state index contributed by atoms with van der Waals surface area (Å²) in [5.74, 6) is -11.0. The van der Waals surface area contributed by atoms with Crippen molar-refractivity contribution in [2.45, 2.75) is 0 Å². The number of hydrogen-bond donors (Lipinski definition) is 0. The van der Waals surface area contributed by atoms with Crippen molar-refractivity contribution in [3.63, 3.8) is 0 Å². The van der Waals surface area contributed by atoms with Gasteiger partial charge in [-0.05, 0) is 29.0 Å². The highest BCUT2D eigenvalue weighted by Crippen LogP contribution is 2.24. The SMILES string of the molecule is O=C(/C=C/c1c(F)c(F)c(F)c(F)c1F)c1ccc2ccccc2c1. The maximum atomic E-state index is 13.6. The molecule has 0 saturated carbocycles. The van der Waals surface area contributed by atoms with Crippen molar-refractivity contribution in [2.75, 3.05) is 0 Å². The van der Waals surface area contributed by atoms with Crippen molar-refractivity contribution in [3.05, 3.63) is 88.8 Å². The highest BCUT2D eigenvalue weighted by atomic mass is 19.2. The number of benzene rings is 3. The molecule has 0 aromatic heterocycles. The van der Waals surface area contributed by atoms with E-state index in [4.69, 9.17) is 0 Å². The molecule has 126 valence electrons. The van der Waals surface area contributed by atoms with Crippen LogP contribution in [0.15, 0.2) is 48.5 Å². The number of hydrogen-bond acceptors (Lipinski definition) is 1. The van der Waals surface area contributed by atoms with E-state index in [0.717, 1.165) is 16.8 Å². The molecule has 0 heterocycles. The molecule has 0 saturated heterocycles. The van der Waals surface area contributed by atoms with Gasteiger partial charge in [-0.15, -0.1) is 0 Å². The number of carbonyl (C=O) groups is 1. The molecule has 0 radical (unpaired) electrons. The van der Waals surface area contributed by atoms with Gasteiger partial charge >= 0.3 is 0 Å². The van der Waals surface area contributed by atoms with Gasteiger partial charge in [0, 0.05) is 5.56 Å². The molecule has 3 rings (SSSR count). The van der Waals surface area contributed by atoms with Gasteiger partial charge in [-0.2, -0.15) is 0 Å². The third-order valence-electron chi connectivity index (χ3n) is 3.68. The number of fused-ring (bicyclic) bond motifs is 1. The quantitative estimate of drug-likeness (QED) is 0.203. The molecule has 0 atom stereocenters. The molecule has 0 spiro atoms. The van der Waals surface area contributed by atoms with Crippen molar-refractivity contribution in [2.24, 2.45) is 0 Å². The second kappa shape index (κ2) is 6.47. The van der Waals surface area contributed by atoms with Crippen molar-refractivity contribution < 1.29 is 26.7 Å². The average Bonchev–Trinajstić information content (AvgIpc) is 2.64. The van der Waals surface area contributed by atoms with Crippen LogP contribution in [0.1, 0.15) is 15.9 Å². The largest absolute Gasteiger partial charge is 0.289 e. The molecule has 0 aliphatic heterocycles. The van der Waals surface area contributed by atoms with Crippen LogP contribution in [-0.4, -0.2) is 5.78 Å². The maximum Gasteiger partial charge on any atom is 0.200 e. The van der Waals surface area contributed by atoms with E-state index in [1.54, 1.807) is 24.3 Å². The molecule has 1 nitrogen and oxygen atoms in total. The number of carbonyl (C=O) groups excluding carboxylic acids is 1. The first-order valence-electron chi connectivity index (χ1n) is 7.13. The number of rotatable bonds is 3. The Morgan fingerprint density at radius 3 is 1.92 bits per heavy atom. The molecule has 3 aromatic carbocycles. The molecule has 0 fully saturated rings. The van der Waals surface area contributed by atoms with Gasteiger partial charge < -0.3 is 0 Å². The Morgan fingerprint density at radius 2 is 1.28 bits per heavy atom. The fraction of sp³-hybridized carbons (Fsp3) is 0. The molecule has 0 amide bonds. The summed E-state index contributed by atoms with van der Waals surface area (Å²) in [6, 6.07) is 12.0. The lowest BCUT2D eigenvalue weighted by atomic mass is 10.0. The van der Waals surface area contributed by atoms with Gasteiger partial charge in [-0.25, -0.2) is 22.0 Å². The Balaban J connectivity index is 1.97. The number of halogens is 5. The molecule has 0 aliphatic rings. The van der Waals surface area contributed by atoms with Crippen LogP contribution >= 0.6 is 0 Å². The van der Waals surface area contributed by atoms with Gasteiger partial charge in [0.05, 0.1) is 5.56 Å². The summed E-state index contributed by atoms with van der Waals surface area (Å²) in [6.45, 7) is 0. The summed E-state index contributed by atoms with van der Waals surface area (Å²) in [5.41, 5.74) is -0.940. The topological polar surface area (TPSA) is 17.1 Å². The van der Waals surface area contributed by atoms with E-state index < -0.39 is 40.4 Å². The molecule has 0 unspecified atom stereocenters. The molecule has 0 N–H and O–H groups in total. The Morgan fingerprint density at radius 1 is 0.720 bits per heavy atom. The van der Waals surface area contributed by atoms with Crippen molar-refractivity contribution in [3.8, 4) is 0 Å². The predicted molar refractivity (Wildman–Crippen MR) is 83.5 cm³/mol. The molecule has 0 aliphatic carbocycles. The molecule has 3 aromatic rings. The summed E-state index contributed by atoms with van der Waals surface area (Å²) in [7, 11) is 0. The summed E-state index contributed by atoms with van der Waals surface area (Å²) in [6.07, 6.45) is 1.34. The lowest BCUT2D eigenvalue weighted by Crippen LogP contribution is -2.04. The zero-order valence-corrected chi connectivity index (χ0v) is 12.5. The van der Waals surface area contributed by atoms with Gasteiger partial charge in [-0.1, -0.05) is 36.4 Å².